The Bertz CT molecular complexity index is 168. The largest absolute Gasteiger partial charge is 0.479 e. The monoisotopic (exact) mass is 202 g/mol. The average molecular weight is 202 g/mol. The van der Waals surface area contributed by atoms with Crippen LogP contribution >= 0.6 is 0 Å². The Hall–Kier alpha value is -0.570. The van der Waals surface area contributed by atoms with E-state index in [2.05, 4.69) is 6.92 Å². The van der Waals surface area contributed by atoms with Crippen molar-refractivity contribution in [3.63, 3.8) is 0 Å². The van der Waals surface area contributed by atoms with Crippen molar-refractivity contribution in [2.75, 3.05) is 0 Å². The lowest BCUT2D eigenvalue weighted by molar-refractivity contribution is -0.160. The second-order valence-electron chi connectivity index (χ2n) is 3.90. The number of rotatable bonds is 8. The van der Waals surface area contributed by atoms with Gasteiger partial charge in [0, 0.05) is 0 Å². The number of carboxylic acids is 1. The molecule has 0 saturated heterocycles. The van der Waals surface area contributed by atoms with Crippen molar-refractivity contribution in [3.8, 4) is 0 Å². The van der Waals surface area contributed by atoms with Crippen LogP contribution in [-0.4, -0.2) is 21.8 Å². The minimum Gasteiger partial charge on any atom is -0.479 e. The number of carbonyl (C=O) groups is 1. The number of hydrogen-bond acceptors (Lipinski definition) is 2. The molecule has 0 fully saturated rings. The average Bonchev–Trinajstić information content (AvgIpc) is 2.13. The summed E-state index contributed by atoms with van der Waals surface area (Å²) >= 11 is 0. The highest BCUT2D eigenvalue weighted by Gasteiger charge is 2.33. The van der Waals surface area contributed by atoms with Crippen LogP contribution in [-0.2, 0) is 4.79 Å². The molecule has 0 radical (unpaired) electrons. The standard InChI is InChI=1S/C11H22O3/c1-3-5-6-7-9-11(14,8-4-2)10(12)13/h14H,3-9H2,1-2H3,(H,12,13). The zero-order chi connectivity index (χ0) is 11.0. The van der Waals surface area contributed by atoms with E-state index in [1.165, 1.54) is 0 Å². The third-order valence-electron chi connectivity index (χ3n) is 2.51. The molecule has 1 unspecified atom stereocenters. The fourth-order valence-corrected chi connectivity index (χ4v) is 1.60. The van der Waals surface area contributed by atoms with Gasteiger partial charge in [-0.25, -0.2) is 4.79 Å². The molecule has 0 aromatic carbocycles. The van der Waals surface area contributed by atoms with E-state index < -0.39 is 11.6 Å². The summed E-state index contributed by atoms with van der Waals surface area (Å²) in [6.07, 6.45) is 5.49. The fraction of sp³-hybridized carbons (Fsp3) is 0.909. The Morgan fingerprint density at radius 2 is 1.71 bits per heavy atom. The van der Waals surface area contributed by atoms with Gasteiger partial charge in [-0.2, -0.15) is 0 Å². The van der Waals surface area contributed by atoms with Crippen molar-refractivity contribution >= 4 is 5.97 Å². The Balaban J connectivity index is 3.90. The highest BCUT2D eigenvalue weighted by molar-refractivity contribution is 5.76. The SMILES string of the molecule is CCCCCCC(O)(CCC)C(=O)O. The number of unbranched alkanes of at least 4 members (excludes halogenated alkanes) is 3. The molecular formula is C11H22O3. The Labute approximate surface area is 86.1 Å². The van der Waals surface area contributed by atoms with Crippen molar-refractivity contribution < 1.29 is 15.0 Å². The van der Waals surface area contributed by atoms with E-state index >= 15 is 0 Å². The maximum Gasteiger partial charge on any atom is 0.335 e. The topological polar surface area (TPSA) is 57.5 Å². The molecule has 84 valence electrons. The third kappa shape index (κ3) is 4.61. The maximum atomic E-state index is 10.8. The number of aliphatic hydroxyl groups is 1. The first-order valence-electron chi connectivity index (χ1n) is 5.52. The van der Waals surface area contributed by atoms with E-state index in [9.17, 15) is 9.90 Å². The molecule has 0 aliphatic rings. The van der Waals surface area contributed by atoms with Gasteiger partial charge in [-0.1, -0.05) is 39.5 Å². The Kier molecular flexibility index (Phi) is 6.54. The predicted molar refractivity (Wildman–Crippen MR) is 56.3 cm³/mol. The Morgan fingerprint density at radius 3 is 2.14 bits per heavy atom. The molecule has 0 bridgehead atoms. The van der Waals surface area contributed by atoms with Crippen molar-refractivity contribution in [1.82, 2.24) is 0 Å². The second-order valence-corrected chi connectivity index (χ2v) is 3.90. The van der Waals surface area contributed by atoms with Crippen LogP contribution in [0.1, 0.15) is 58.8 Å². The number of aliphatic carboxylic acids is 1. The predicted octanol–water partition coefficient (Wildman–Crippen LogP) is 2.57. The summed E-state index contributed by atoms with van der Waals surface area (Å²) < 4.78 is 0. The van der Waals surface area contributed by atoms with E-state index in [1.54, 1.807) is 0 Å². The van der Waals surface area contributed by atoms with Crippen LogP contribution in [0.5, 0.6) is 0 Å². The van der Waals surface area contributed by atoms with E-state index in [0.717, 1.165) is 25.7 Å². The van der Waals surface area contributed by atoms with Crippen molar-refractivity contribution in [1.29, 1.82) is 0 Å². The third-order valence-corrected chi connectivity index (χ3v) is 2.51. The van der Waals surface area contributed by atoms with Gasteiger partial charge in [-0.05, 0) is 19.3 Å². The summed E-state index contributed by atoms with van der Waals surface area (Å²) in [5.41, 5.74) is -1.48. The first-order chi connectivity index (χ1) is 6.56. The minimum absolute atomic E-state index is 0.356. The van der Waals surface area contributed by atoms with E-state index in [4.69, 9.17) is 5.11 Å². The molecule has 0 aliphatic heterocycles. The fourth-order valence-electron chi connectivity index (χ4n) is 1.60. The molecule has 0 amide bonds. The molecule has 2 N–H and O–H groups in total. The van der Waals surface area contributed by atoms with Crippen LogP contribution in [0.15, 0.2) is 0 Å². The molecule has 0 aromatic rings. The molecule has 0 aromatic heterocycles. The first kappa shape index (κ1) is 13.4. The second kappa shape index (κ2) is 6.82. The van der Waals surface area contributed by atoms with Gasteiger partial charge in [0.15, 0.2) is 5.60 Å². The van der Waals surface area contributed by atoms with Gasteiger partial charge in [0.25, 0.3) is 0 Å². The summed E-state index contributed by atoms with van der Waals surface area (Å²) in [6, 6.07) is 0. The lowest BCUT2D eigenvalue weighted by Crippen LogP contribution is -2.38. The summed E-state index contributed by atoms with van der Waals surface area (Å²) in [6.45, 7) is 4.00. The quantitative estimate of drug-likeness (QED) is 0.595. The van der Waals surface area contributed by atoms with Gasteiger partial charge in [0.05, 0.1) is 0 Å². The highest BCUT2D eigenvalue weighted by Crippen LogP contribution is 2.21. The summed E-state index contributed by atoms with van der Waals surface area (Å²) in [7, 11) is 0. The van der Waals surface area contributed by atoms with Crippen LogP contribution in [0.4, 0.5) is 0 Å². The highest BCUT2D eigenvalue weighted by atomic mass is 16.4. The zero-order valence-corrected chi connectivity index (χ0v) is 9.25. The lowest BCUT2D eigenvalue weighted by Gasteiger charge is -2.22. The smallest absolute Gasteiger partial charge is 0.335 e. The van der Waals surface area contributed by atoms with E-state index in [-0.39, 0.29) is 0 Å². The van der Waals surface area contributed by atoms with Gasteiger partial charge >= 0.3 is 5.97 Å². The molecule has 0 heterocycles. The molecule has 0 rings (SSSR count). The van der Waals surface area contributed by atoms with Gasteiger partial charge < -0.3 is 10.2 Å². The van der Waals surface area contributed by atoms with Crippen LogP contribution < -0.4 is 0 Å². The molecule has 14 heavy (non-hydrogen) atoms. The van der Waals surface area contributed by atoms with Crippen molar-refractivity contribution in [2.45, 2.75) is 64.4 Å². The normalized spacial score (nSPS) is 15.1. The molecule has 3 nitrogen and oxygen atoms in total. The number of carboxylic acid groups (broad SMARTS) is 1. The molecule has 0 saturated carbocycles. The summed E-state index contributed by atoms with van der Waals surface area (Å²) in [5.74, 6) is -1.07. The lowest BCUT2D eigenvalue weighted by atomic mass is 9.91. The van der Waals surface area contributed by atoms with Crippen LogP contribution in [0.25, 0.3) is 0 Å². The molecular weight excluding hydrogens is 180 g/mol. The van der Waals surface area contributed by atoms with E-state index in [1.807, 2.05) is 6.92 Å². The van der Waals surface area contributed by atoms with Gasteiger partial charge in [0.1, 0.15) is 0 Å². The molecule has 0 spiro atoms. The van der Waals surface area contributed by atoms with Crippen LogP contribution in [0.3, 0.4) is 0 Å². The molecule has 3 heteroatoms. The van der Waals surface area contributed by atoms with Crippen molar-refractivity contribution in [3.05, 3.63) is 0 Å². The summed E-state index contributed by atoms with van der Waals surface area (Å²) in [5, 5.41) is 18.7. The first-order valence-corrected chi connectivity index (χ1v) is 5.52. The molecule has 1 atom stereocenters. The van der Waals surface area contributed by atoms with E-state index in [0.29, 0.717) is 19.3 Å². The van der Waals surface area contributed by atoms with Crippen LogP contribution in [0, 0.1) is 0 Å². The summed E-state index contributed by atoms with van der Waals surface area (Å²) in [4.78, 5) is 10.8. The number of hydrogen-bond donors (Lipinski definition) is 2. The Morgan fingerprint density at radius 1 is 1.07 bits per heavy atom. The van der Waals surface area contributed by atoms with Crippen LogP contribution in [0.2, 0.25) is 0 Å². The van der Waals surface area contributed by atoms with Crippen molar-refractivity contribution in [2.24, 2.45) is 0 Å². The van der Waals surface area contributed by atoms with Gasteiger partial charge in [-0.15, -0.1) is 0 Å². The van der Waals surface area contributed by atoms with Gasteiger partial charge in [0.2, 0.25) is 0 Å². The maximum absolute atomic E-state index is 10.8. The minimum atomic E-state index is -1.48. The van der Waals surface area contributed by atoms with Gasteiger partial charge in [-0.3, -0.25) is 0 Å². The molecule has 0 aliphatic carbocycles. The zero-order valence-electron chi connectivity index (χ0n) is 9.25.